The Bertz CT molecular complexity index is 616. The van der Waals surface area contributed by atoms with Crippen LogP contribution in [0.1, 0.15) is 19.3 Å². The summed E-state index contributed by atoms with van der Waals surface area (Å²) in [5.74, 6) is -1.86. The second-order valence-corrected chi connectivity index (χ2v) is 7.08. The number of aliphatic hydroxyl groups is 1. The van der Waals surface area contributed by atoms with Crippen LogP contribution in [-0.2, 0) is 19.2 Å². The molecule has 0 aromatic heterocycles. The van der Waals surface area contributed by atoms with Gasteiger partial charge in [0.05, 0.1) is 5.92 Å². The Labute approximate surface area is 118 Å². The minimum absolute atomic E-state index is 0.0212. The monoisotopic (exact) mass is 327 g/mol. The molecule has 0 radical (unpaired) electrons. The van der Waals surface area contributed by atoms with Crippen molar-refractivity contribution < 1.29 is 35.8 Å². The molecule has 3 aliphatic rings. The Balaban J connectivity index is 1.93. The van der Waals surface area contributed by atoms with Gasteiger partial charge in [0.15, 0.2) is 6.23 Å². The van der Waals surface area contributed by atoms with Crippen LogP contribution >= 0.6 is 0 Å². The van der Waals surface area contributed by atoms with Crippen LogP contribution in [0.3, 0.4) is 0 Å². The second-order valence-electron chi connectivity index (χ2n) is 5.56. The fourth-order valence-corrected chi connectivity index (χ4v) is 4.07. The van der Waals surface area contributed by atoms with Crippen LogP contribution < -0.4 is 0 Å². The molecule has 1 amide bonds. The zero-order valence-electron chi connectivity index (χ0n) is 10.6. The van der Waals surface area contributed by atoms with E-state index in [4.69, 9.17) is 0 Å². The van der Waals surface area contributed by atoms with Crippen LogP contribution in [-0.4, -0.2) is 36.2 Å². The van der Waals surface area contributed by atoms with E-state index in [2.05, 4.69) is 4.28 Å². The summed E-state index contributed by atoms with van der Waals surface area (Å²) < 4.78 is 63.0. The Morgan fingerprint density at radius 2 is 2.10 bits per heavy atom. The van der Waals surface area contributed by atoms with Gasteiger partial charge in [-0.15, -0.1) is 4.28 Å². The molecule has 0 spiro atoms. The maximum absolute atomic E-state index is 12.4. The van der Waals surface area contributed by atoms with Gasteiger partial charge >= 0.3 is 15.6 Å². The number of nitrogens with zero attached hydrogens (tertiary/aromatic N) is 1. The number of rotatable bonds is 2. The smallest absolute Gasteiger partial charge is 0.371 e. The van der Waals surface area contributed by atoms with E-state index in [-0.39, 0.29) is 11.0 Å². The minimum Gasteiger partial charge on any atom is -0.371 e. The zero-order valence-corrected chi connectivity index (χ0v) is 11.4. The average Bonchev–Trinajstić information content (AvgIpc) is 2.71. The highest BCUT2D eigenvalue weighted by Crippen LogP contribution is 2.60. The molecule has 2 bridgehead atoms. The third kappa shape index (κ3) is 1.85. The lowest BCUT2D eigenvalue weighted by Crippen LogP contribution is -2.43. The highest BCUT2D eigenvalue weighted by molar-refractivity contribution is 7.87. The lowest BCUT2D eigenvalue weighted by Gasteiger charge is -2.33. The van der Waals surface area contributed by atoms with Gasteiger partial charge in [0, 0.05) is 5.41 Å². The van der Waals surface area contributed by atoms with E-state index in [0.29, 0.717) is 19.3 Å². The molecule has 21 heavy (non-hydrogen) atoms. The van der Waals surface area contributed by atoms with E-state index < -0.39 is 39.1 Å². The molecule has 2 aliphatic carbocycles. The van der Waals surface area contributed by atoms with Gasteiger partial charge < -0.3 is 5.11 Å². The SMILES string of the molecule is O=C1C2C3C=CCC2(CC3)C(O)N1OS(=O)(=O)C(F)(F)F. The summed E-state index contributed by atoms with van der Waals surface area (Å²) in [6.07, 6.45) is 3.18. The topological polar surface area (TPSA) is 83.9 Å². The number of hydrogen-bond donors (Lipinski definition) is 1. The number of halogens is 3. The largest absolute Gasteiger partial charge is 0.525 e. The first kappa shape index (κ1) is 14.8. The number of aliphatic hydroxyl groups excluding tert-OH is 1. The van der Waals surface area contributed by atoms with Gasteiger partial charge in [0.25, 0.3) is 5.91 Å². The van der Waals surface area contributed by atoms with Crippen molar-refractivity contribution in [3.63, 3.8) is 0 Å². The molecule has 118 valence electrons. The van der Waals surface area contributed by atoms with Gasteiger partial charge in [-0.3, -0.25) is 4.79 Å². The van der Waals surface area contributed by atoms with Crippen LogP contribution in [0.4, 0.5) is 13.2 Å². The highest BCUT2D eigenvalue weighted by Gasteiger charge is 2.66. The molecule has 1 heterocycles. The molecule has 1 saturated carbocycles. The van der Waals surface area contributed by atoms with Gasteiger partial charge in [-0.05, 0) is 25.2 Å². The minimum atomic E-state index is -5.99. The maximum atomic E-state index is 12.4. The molecule has 4 unspecified atom stereocenters. The number of hydrogen-bond acceptors (Lipinski definition) is 5. The average molecular weight is 327 g/mol. The molecule has 10 heteroatoms. The van der Waals surface area contributed by atoms with Crippen molar-refractivity contribution in [1.29, 1.82) is 0 Å². The van der Waals surface area contributed by atoms with Crippen LogP contribution in [0.25, 0.3) is 0 Å². The standard InChI is InChI=1S/C11H12F3NO5S/c12-11(13,14)21(18,19)20-15-8(16)7-6-2-1-4-10(7,5-3-6)9(15)17/h1-2,6-7,9,17H,3-5H2. The molecule has 4 atom stereocenters. The predicted octanol–water partition coefficient (Wildman–Crippen LogP) is 0.901. The van der Waals surface area contributed by atoms with Crippen molar-refractivity contribution in [3.8, 4) is 0 Å². The summed E-state index contributed by atoms with van der Waals surface area (Å²) in [6, 6.07) is 0. The number of alkyl halides is 3. The summed E-state index contributed by atoms with van der Waals surface area (Å²) in [5, 5.41) is 10.2. The fourth-order valence-electron chi connectivity index (χ4n) is 3.62. The van der Waals surface area contributed by atoms with E-state index >= 15 is 0 Å². The molecule has 0 aromatic carbocycles. The lowest BCUT2D eigenvalue weighted by molar-refractivity contribution is -0.194. The first-order valence-electron chi connectivity index (χ1n) is 6.29. The number of carbonyl (C=O) groups is 1. The molecule has 2 fully saturated rings. The normalized spacial score (nSPS) is 39.0. The molecule has 1 N–H and O–H groups in total. The van der Waals surface area contributed by atoms with Crippen LogP contribution in [0.15, 0.2) is 12.2 Å². The van der Waals surface area contributed by atoms with Crippen molar-refractivity contribution in [2.45, 2.75) is 31.0 Å². The fraction of sp³-hybridized carbons (Fsp3) is 0.727. The number of carbonyl (C=O) groups excluding carboxylic acids is 1. The summed E-state index contributed by atoms with van der Waals surface area (Å²) in [7, 11) is -5.99. The predicted molar refractivity (Wildman–Crippen MR) is 61.3 cm³/mol. The maximum Gasteiger partial charge on any atom is 0.525 e. The molecule has 1 aliphatic heterocycles. The van der Waals surface area contributed by atoms with Gasteiger partial charge in [-0.2, -0.15) is 26.7 Å². The molecule has 6 nitrogen and oxygen atoms in total. The van der Waals surface area contributed by atoms with Crippen molar-refractivity contribution in [1.82, 2.24) is 5.06 Å². The van der Waals surface area contributed by atoms with E-state index in [0.717, 1.165) is 0 Å². The van der Waals surface area contributed by atoms with Crippen molar-refractivity contribution >= 4 is 16.0 Å². The van der Waals surface area contributed by atoms with Gasteiger partial charge in [-0.25, -0.2) is 0 Å². The third-order valence-electron chi connectivity index (χ3n) is 4.55. The van der Waals surface area contributed by atoms with Gasteiger partial charge in [-0.1, -0.05) is 12.2 Å². The van der Waals surface area contributed by atoms with Crippen molar-refractivity contribution in [3.05, 3.63) is 12.2 Å². The number of allylic oxidation sites excluding steroid dienone is 2. The van der Waals surface area contributed by atoms with E-state index in [1.54, 1.807) is 12.2 Å². The van der Waals surface area contributed by atoms with E-state index in [9.17, 15) is 31.5 Å². The molecular weight excluding hydrogens is 315 g/mol. The van der Waals surface area contributed by atoms with Crippen LogP contribution in [0.5, 0.6) is 0 Å². The summed E-state index contributed by atoms with van der Waals surface area (Å²) in [4.78, 5) is 12.2. The van der Waals surface area contributed by atoms with Crippen molar-refractivity contribution in [2.24, 2.45) is 17.3 Å². The second kappa shape index (κ2) is 4.20. The third-order valence-corrected chi connectivity index (χ3v) is 5.48. The first-order valence-corrected chi connectivity index (χ1v) is 7.70. The summed E-state index contributed by atoms with van der Waals surface area (Å²) in [5.41, 5.74) is -6.62. The Morgan fingerprint density at radius 3 is 2.67 bits per heavy atom. The molecule has 3 rings (SSSR count). The van der Waals surface area contributed by atoms with Crippen LogP contribution in [0, 0.1) is 17.3 Å². The quantitative estimate of drug-likeness (QED) is 0.602. The summed E-state index contributed by atoms with van der Waals surface area (Å²) in [6.45, 7) is 0. The molecular formula is C11H12F3NO5S. The zero-order chi connectivity index (χ0) is 15.6. The van der Waals surface area contributed by atoms with E-state index in [1.807, 2.05) is 0 Å². The molecule has 1 saturated heterocycles. The lowest BCUT2D eigenvalue weighted by atomic mass is 9.71. The Morgan fingerprint density at radius 1 is 1.43 bits per heavy atom. The highest BCUT2D eigenvalue weighted by atomic mass is 32.2. The van der Waals surface area contributed by atoms with E-state index in [1.165, 1.54) is 0 Å². The Kier molecular flexibility index (Phi) is 2.96. The Hall–Kier alpha value is -1.13. The summed E-state index contributed by atoms with van der Waals surface area (Å²) >= 11 is 0. The van der Waals surface area contributed by atoms with Gasteiger partial charge in [0.1, 0.15) is 0 Å². The molecule has 0 aromatic rings. The van der Waals surface area contributed by atoms with Crippen LogP contribution in [0.2, 0.25) is 0 Å². The first-order chi connectivity index (χ1) is 9.60. The van der Waals surface area contributed by atoms with Crippen molar-refractivity contribution in [2.75, 3.05) is 0 Å². The number of amides is 1. The van der Waals surface area contributed by atoms with Gasteiger partial charge in [0.2, 0.25) is 0 Å². The number of hydroxylamine groups is 2.